The number of esters is 1. The number of hydrogen-bond acceptors (Lipinski definition) is 6. The average molecular weight is 491 g/mol. The van der Waals surface area contributed by atoms with E-state index in [-0.39, 0.29) is 24.0 Å². The Balaban J connectivity index is 1.94. The summed E-state index contributed by atoms with van der Waals surface area (Å²) >= 11 is 4.62. The zero-order valence-corrected chi connectivity index (χ0v) is 18.9. The van der Waals surface area contributed by atoms with E-state index < -0.39 is 5.97 Å². The van der Waals surface area contributed by atoms with Gasteiger partial charge in [-0.1, -0.05) is 24.3 Å². The standard InChI is InChI=1S/C21H19BrN2O5S/c1-12(25)23-20-17(21(27)28-3)14-9-10-15(22)18(19(14)30-20)29-11-16(26)24(2)13-7-5-4-6-8-13/h4-10H,11H2,1-3H3,(H,23,25). The maximum Gasteiger partial charge on any atom is 0.341 e. The molecule has 2 amide bonds. The van der Waals surface area contributed by atoms with Crippen molar-refractivity contribution in [3.63, 3.8) is 0 Å². The lowest BCUT2D eigenvalue weighted by molar-refractivity contribution is -0.120. The van der Waals surface area contributed by atoms with Crippen LogP contribution in [0.1, 0.15) is 17.3 Å². The maximum atomic E-state index is 12.6. The first-order valence-corrected chi connectivity index (χ1v) is 10.5. The first-order valence-electron chi connectivity index (χ1n) is 8.88. The molecule has 2 aromatic carbocycles. The Morgan fingerprint density at radius 3 is 2.47 bits per heavy atom. The van der Waals surface area contributed by atoms with E-state index in [1.54, 1.807) is 19.2 Å². The summed E-state index contributed by atoms with van der Waals surface area (Å²) in [6, 6.07) is 12.7. The number of amides is 2. The fourth-order valence-corrected chi connectivity index (χ4v) is 4.64. The van der Waals surface area contributed by atoms with E-state index in [0.717, 1.165) is 5.69 Å². The van der Waals surface area contributed by atoms with Crippen molar-refractivity contribution in [1.29, 1.82) is 0 Å². The van der Waals surface area contributed by atoms with Crippen LogP contribution in [0.25, 0.3) is 10.1 Å². The van der Waals surface area contributed by atoms with E-state index in [2.05, 4.69) is 21.2 Å². The van der Waals surface area contributed by atoms with E-state index in [1.165, 1.54) is 30.3 Å². The SMILES string of the molecule is COC(=O)c1c(NC(C)=O)sc2c(OCC(=O)N(C)c3ccccc3)c(Br)ccc12. The number of anilines is 2. The number of hydrogen-bond donors (Lipinski definition) is 1. The Bertz CT molecular complexity index is 1110. The summed E-state index contributed by atoms with van der Waals surface area (Å²) in [5.74, 6) is -0.711. The Morgan fingerprint density at radius 2 is 1.83 bits per heavy atom. The van der Waals surface area contributed by atoms with E-state index in [1.807, 2.05) is 30.3 Å². The molecule has 1 aromatic heterocycles. The smallest absolute Gasteiger partial charge is 0.341 e. The van der Waals surface area contributed by atoms with Gasteiger partial charge >= 0.3 is 5.97 Å². The van der Waals surface area contributed by atoms with Crippen molar-refractivity contribution in [3.05, 3.63) is 52.5 Å². The largest absolute Gasteiger partial charge is 0.481 e. The van der Waals surface area contributed by atoms with Gasteiger partial charge in [0.25, 0.3) is 5.91 Å². The number of thiophene rings is 1. The van der Waals surface area contributed by atoms with Crippen molar-refractivity contribution in [2.24, 2.45) is 0 Å². The number of nitrogens with zero attached hydrogens (tertiary/aromatic N) is 1. The average Bonchev–Trinajstić information content (AvgIpc) is 3.09. The summed E-state index contributed by atoms with van der Waals surface area (Å²) < 4.78 is 12.0. The van der Waals surface area contributed by atoms with Gasteiger partial charge < -0.3 is 19.7 Å². The third-order valence-corrected chi connectivity index (χ3v) is 6.05. The summed E-state index contributed by atoms with van der Waals surface area (Å²) in [6.45, 7) is 1.15. The lowest BCUT2D eigenvalue weighted by Gasteiger charge is -2.18. The highest BCUT2D eigenvalue weighted by molar-refractivity contribution is 9.10. The lowest BCUT2D eigenvalue weighted by Crippen LogP contribution is -2.31. The van der Waals surface area contributed by atoms with Gasteiger partial charge in [-0.3, -0.25) is 9.59 Å². The normalized spacial score (nSPS) is 10.5. The minimum Gasteiger partial charge on any atom is -0.481 e. The molecule has 0 aliphatic heterocycles. The Kier molecular flexibility index (Phi) is 6.73. The topological polar surface area (TPSA) is 84.9 Å². The number of ether oxygens (including phenoxy) is 2. The van der Waals surface area contributed by atoms with Crippen molar-refractivity contribution in [1.82, 2.24) is 0 Å². The van der Waals surface area contributed by atoms with Crippen LogP contribution in [-0.4, -0.2) is 38.5 Å². The van der Waals surface area contributed by atoms with Crippen LogP contribution in [0.5, 0.6) is 5.75 Å². The maximum absolute atomic E-state index is 12.6. The van der Waals surface area contributed by atoms with Crippen LogP contribution in [-0.2, 0) is 14.3 Å². The molecule has 7 nitrogen and oxygen atoms in total. The van der Waals surface area contributed by atoms with Gasteiger partial charge in [0.05, 0.1) is 16.3 Å². The second-order valence-electron chi connectivity index (χ2n) is 6.31. The van der Waals surface area contributed by atoms with E-state index in [9.17, 15) is 14.4 Å². The number of rotatable bonds is 6. The molecule has 0 aliphatic rings. The van der Waals surface area contributed by atoms with E-state index >= 15 is 0 Å². The molecule has 0 radical (unpaired) electrons. The molecule has 156 valence electrons. The fraction of sp³-hybridized carbons (Fsp3) is 0.190. The molecule has 0 bridgehead atoms. The highest BCUT2D eigenvalue weighted by Crippen LogP contribution is 2.44. The minimum absolute atomic E-state index is 0.204. The summed E-state index contributed by atoms with van der Waals surface area (Å²) in [7, 11) is 2.95. The van der Waals surface area contributed by atoms with Crippen molar-refractivity contribution in [2.45, 2.75) is 6.92 Å². The molecule has 9 heteroatoms. The van der Waals surface area contributed by atoms with Crippen molar-refractivity contribution < 1.29 is 23.9 Å². The molecule has 30 heavy (non-hydrogen) atoms. The second-order valence-corrected chi connectivity index (χ2v) is 8.18. The first kappa shape index (κ1) is 21.8. The number of carbonyl (C=O) groups is 3. The van der Waals surface area contributed by atoms with Crippen molar-refractivity contribution in [3.8, 4) is 5.75 Å². The molecule has 3 rings (SSSR count). The van der Waals surface area contributed by atoms with Gasteiger partial charge in [-0.25, -0.2) is 4.79 Å². The number of benzene rings is 2. The molecule has 0 unspecified atom stereocenters. The number of halogens is 1. The lowest BCUT2D eigenvalue weighted by atomic mass is 10.1. The molecule has 3 aromatic rings. The van der Waals surface area contributed by atoms with E-state index in [4.69, 9.17) is 9.47 Å². The number of likely N-dealkylation sites (N-methyl/N-ethyl adjacent to an activating group) is 1. The van der Waals surface area contributed by atoms with Gasteiger partial charge in [0.2, 0.25) is 5.91 Å². The fourth-order valence-electron chi connectivity index (χ4n) is 2.83. The summed E-state index contributed by atoms with van der Waals surface area (Å²) in [5.41, 5.74) is 0.998. The van der Waals surface area contributed by atoms with Gasteiger partial charge in [0.15, 0.2) is 12.4 Å². The van der Waals surface area contributed by atoms with Gasteiger partial charge in [-0.15, -0.1) is 11.3 Å². The molecule has 0 atom stereocenters. The Labute approximate surface area is 185 Å². The van der Waals surface area contributed by atoms with Crippen LogP contribution >= 0.6 is 27.3 Å². The molecule has 0 saturated heterocycles. The number of fused-ring (bicyclic) bond motifs is 1. The van der Waals surface area contributed by atoms with Crippen LogP contribution in [0, 0.1) is 0 Å². The highest BCUT2D eigenvalue weighted by atomic mass is 79.9. The quantitative estimate of drug-likeness (QED) is 0.515. The molecule has 0 saturated carbocycles. The number of nitrogens with one attached hydrogen (secondary N) is 1. The Morgan fingerprint density at radius 1 is 1.13 bits per heavy atom. The molecule has 1 N–H and O–H groups in total. The Hall–Kier alpha value is -2.91. The van der Waals surface area contributed by atoms with Crippen molar-refractivity contribution in [2.75, 3.05) is 31.0 Å². The number of methoxy groups -OCH3 is 1. The molecular formula is C21H19BrN2O5S. The molecular weight excluding hydrogens is 472 g/mol. The molecule has 0 fully saturated rings. The minimum atomic E-state index is -0.571. The van der Waals surface area contributed by atoms with E-state index in [0.29, 0.717) is 25.3 Å². The zero-order chi connectivity index (χ0) is 21.8. The van der Waals surface area contributed by atoms with Crippen LogP contribution in [0.3, 0.4) is 0 Å². The number of carbonyl (C=O) groups excluding carboxylic acids is 3. The second kappa shape index (κ2) is 9.27. The van der Waals surface area contributed by atoms with Crippen LogP contribution in [0.15, 0.2) is 46.9 Å². The van der Waals surface area contributed by atoms with Crippen LogP contribution < -0.4 is 15.0 Å². The summed E-state index contributed by atoms with van der Waals surface area (Å²) in [4.78, 5) is 38.0. The predicted molar refractivity (Wildman–Crippen MR) is 121 cm³/mol. The summed E-state index contributed by atoms with van der Waals surface area (Å²) in [6.07, 6.45) is 0. The zero-order valence-electron chi connectivity index (χ0n) is 16.5. The highest BCUT2D eigenvalue weighted by Gasteiger charge is 2.24. The van der Waals surface area contributed by atoms with Gasteiger partial charge in [0.1, 0.15) is 10.6 Å². The van der Waals surface area contributed by atoms with Crippen LogP contribution in [0.2, 0.25) is 0 Å². The van der Waals surface area contributed by atoms with Crippen molar-refractivity contribution >= 4 is 65.8 Å². The number of para-hydroxylation sites is 1. The first-order chi connectivity index (χ1) is 14.3. The molecule has 0 aliphatic carbocycles. The van der Waals surface area contributed by atoms with Gasteiger partial charge in [-0.2, -0.15) is 0 Å². The predicted octanol–water partition coefficient (Wildman–Crippen LogP) is 4.45. The third-order valence-electron chi connectivity index (χ3n) is 4.30. The molecule has 0 spiro atoms. The third kappa shape index (κ3) is 4.47. The summed E-state index contributed by atoms with van der Waals surface area (Å²) in [5, 5.41) is 3.59. The van der Waals surface area contributed by atoms with Gasteiger partial charge in [-0.05, 0) is 34.1 Å². The van der Waals surface area contributed by atoms with Crippen LogP contribution in [0.4, 0.5) is 10.7 Å². The molecule has 1 heterocycles. The van der Waals surface area contributed by atoms with Gasteiger partial charge in [0, 0.05) is 25.0 Å². The monoisotopic (exact) mass is 490 g/mol.